The molecular formula is C25H37N5O7. The summed E-state index contributed by atoms with van der Waals surface area (Å²) in [5.41, 5.74) is 7.21. The molecule has 2 rings (SSSR count). The highest BCUT2D eigenvalue weighted by Crippen LogP contribution is 2.19. The Labute approximate surface area is 215 Å². The van der Waals surface area contributed by atoms with Gasteiger partial charge < -0.3 is 42.0 Å². The molecule has 0 aliphatic rings. The van der Waals surface area contributed by atoms with E-state index in [2.05, 4.69) is 20.9 Å². The number of carbonyl (C=O) groups is 4. The molecule has 1 aromatic carbocycles. The smallest absolute Gasteiger partial charge is 0.328 e. The van der Waals surface area contributed by atoms with Gasteiger partial charge >= 0.3 is 5.97 Å². The SMILES string of the molecule is CC(C)CC(NC(=O)C(N)C(C)O)C(=O)NC(Cc1c[nH]c2ccccc12)C(=O)NC(C(=O)O)C(C)O. The molecule has 6 atom stereocenters. The van der Waals surface area contributed by atoms with Crippen molar-refractivity contribution < 1.29 is 34.5 Å². The second kappa shape index (κ2) is 13.2. The Morgan fingerprint density at radius 3 is 2.05 bits per heavy atom. The van der Waals surface area contributed by atoms with Crippen molar-refractivity contribution >= 4 is 34.6 Å². The van der Waals surface area contributed by atoms with Crippen LogP contribution < -0.4 is 21.7 Å². The summed E-state index contributed by atoms with van der Waals surface area (Å²) in [6.45, 7) is 6.27. The first-order valence-corrected chi connectivity index (χ1v) is 12.1. The van der Waals surface area contributed by atoms with E-state index in [-0.39, 0.29) is 18.8 Å². The van der Waals surface area contributed by atoms with Gasteiger partial charge in [-0.2, -0.15) is 0 Å². The summed E-state index contributed by atoms with van der Waals surface area (Å²) in [4.78, 5) is 53.5. The fourth-order valence-electron chi connectivity index (χ4n) is 3.83. The van der Waals surface area contributed by atoms with Gasteiger partial charge in [0.1, 0.15) is 18.1 Å². The number of carboxylic acid groups (broad SMARTS) is 1. The first-order valence-electron chi connectivity index (χ1n) is 12.1. The summed E-state index contributed by atoms with van der Waals surface area (Å²) < 4.78 is 0. The molecule has 0 aliphatic carbocycles. The zero-order valence-corrected chi connectivity index (χ0v) is 21.4. The Hall–Kier alpha value is -3.48. The summed E-state index contributed by atoms with van der Waals surface area (Å²) in [5.74, 6) is -3.68. The lowest BCUT2D eigenvalue weighted by Crippen LogP contribution is -2.59. The lowest BCUT2D eigenvalue weighted by Gasteiger charge is -2.27. The summed E-state index contributed by atoms with van der Waals surface area (Å²) >= 11 is 0. The summed E-state index contributed by atoms with van der Waals surface area (Å²) in [7, 11) is 0. The molecule has 0 radical (unpaired) electrons. The maximum atomic E-state index is 13.3. The topological polar surface area (TPSA) is 207 Å². The average molecular weight is 520 g/mol. The van der Waals surface area contributed by atoms with Crippen molar-refractivity contribution in [3.63, 3.8) is 0 Å². The standard InChI is InChI=1S/C25H37N5O7/c1-12(2)9-18(29-24(35)20(26)13(3)31)22(33)28-19(23(34)30-21(14(4)32)25(36)37)10-15-11-27-17-8-6-5-7-16(15)17/h5-8,11-14,18-21,27,31-32H,9-10,26H2,1-4H3,(H,28,33)(H,29,35)(H,30,34)(H,36,37). The molecule has 9 N–H and O–H groups in total. The van der Waals surface area contributed by atoms with Gasteiger partial charge in [0.25, 0.3) is 0 Å². The van der Waals surface area contributed by atoms with Crippen LogP contribution in [0.5, 0.6) is 0 Å². The van der Waals surface area contributed by atoms with E-state index in [0.717, 1.165) is 10.9 Å². The lowest BCUT2D eigenvalue weighted by molar-refractivity contribution is -0.145. The second-order valence-electron chi connectivity index (χ2n) is 9.65. The number of carboxylic acids is 1. The molecule has 0 spiro atoms. The average Bonchev–Trinajstić information content (AvgIpc) is 3.22. The fraction of sp³-hybridized carbons (Fsp3) is 0.520. The number of carbonyl (C=O) groups excluding carboxylic acids is 3. The first kappa shape index (κ1) is 29.7. The molecule has 0 bridgehead atoms. The monoisotopic (exact) mass is 519 g/mol. The van der Waals surface area contributed by atoms with E-state index in [1.807, 2.05) is 38.1 Å². The number of amides is 3. The molecule has 1 heterocycles. The number of fused-ring (bicyclic) bond motifs is 1. The van der Waals surface area contributed by atoms with Crippen LogP contribution in [0.15, 0.2) is 30.5 Å². The van der Waals surface area contributed by atoms with Crippen molar-refractivity contribution in [2.45, 2.75) is 76.9 Å². The number of rotatable bonds is 13. The van der Waals surface area contributed by atoms with Crippen molar-refractivity contribution in [3.8, 4) is 0 Å². The maximum absolute atomic E-state index is 13.3. The van der Waals surface area contributed by atoms with Gasteiger partial charge in [-0.3, -0.25) is 14.4 Å². The minimum absolute atomic E-state index is 0.00324. The van der Waals surface area contributed by atoms with E-state index < -0.39 is 60.1 Å². The van der Waals surface area contributed by atoms with Crippen molar-refractivity contribution in [1.82, 2.24) is 20.9 Å². The van der Waals surface area contributed by atoms with Crippen LogP contribution in [0, 0.1) is 5.92 Å². The third-order valence-electron chi connectivity index (χ3n) is 5.94. The molecular weight excluding hydrogens is 482 g/mol. The van der Waals surface area contributed by atoms with Crippen LogP contribution in [0.1, 0.15) is 39.7 Å². The number of benzene rings is 1. The molecule has 0 fully saturated rings. The number of aromatic amines is 1. The van der Waals surface area contributed by atoms with Crippen molar-refractivity contribution in [3.05, 3.63) is 36.0 Å². The van der Waals surface area contributed by atoms with Gasteiger partial charge in [-0.15, -0.1) is 0 Å². The van der Waals surface area contributed by atoms with Crippen LogP contribution in [0.3, 0.4) is 0 Å². The normalized spacial score (nSPS) is 16.3. The van der Waals surface area contributed by atoms with Crippen LogP contribution in [0.4, 0.5) is 0 Å². The number of aromatic nitrogens is 1. The Morgan fingerprint density at radius 2 is 1.49 bits per heavy atom. The van der Waals surface area contributed by atoms with Gasteiger partial charge in [0, 0.05) is 23.5 Å². The zero-order valence-electron chi connectivity index (χ0n) is 21.4. The van der Waals surface area contributed by atoms with Gasteiger partial charge in [0.15, 0.2) is 6.04 Å². The highest BCUT2D eigenvalue weighted by Gasteiger charge is 2.33. The quantitative estimate of drug-likeness (QED) is 0.171. The molecule has 2 aromatic rings. The van der Waals surface area contributed by atoms with Gasteiger partial charge in [0.2, 0.25) is 17.7 Å². The van der Waals surface area contributed by atoms with Crippen LogP contribution in [0.2, 0.25) is 0 Å². The lowest BCUT2D eigenvalue weighted by atomic mass is 10.00. The number of para-hydroxylation sites is 1. The first-order chi connectivity index (χ1) is 17.3. The molecule has 37 heavy (non-hydrogen) atoms. The number of nitrogens with two attached hydrogens (primary N) is 1. The number of hydrogen-bond acceptors (Lipinski definition) is 7. The summed E-state index contributed by atoms with van der Waals surface area (Å²) in [5, 5.41) is 37.1. The van der Waals surface area contributed by atoms with Crippen LogP contribution >= 0.6 is 0 Å². The van der Waals surface area contributed by atoms with E-state index in [1.54, 1.807) is 6.20 Å². The summed E-state index contributed by atoms with van der Waals surface area (Å²) in [6, 6.07) is 2.20. The number of aliphatic hydroxyl groups excluding tert-OH is 2. The maximum Gasteiger partial charge on any atom is 0.328 e. The summed E-state index contributed by atoms with van der Waals surface area (Å²) in [6.07, 6.45) is -0.618. The van der Waals surface area contributed by atoms with E-state index in [4.69, 9.17) is 5.73 Å². The molecule has 0 aliphatic heterocycles. The van der Waals surface area contributed by atoms with Crippen LogP contribution in [0.25, 0.3) is 10.9 Å². The van der Waals surface area contributed by atoms with E-state index >= 15 is 0 Å². The van der Waals surface area contributed by atoms with Crippen molar-refractivity contribution in [2.75, 3.05) is 0 Å². The fourth-order valence-corrected chi connectivity index (χ4v) is 3.83. The molecule has 12 nitrogen and oxygen atoms in total. The highest BCUT2D eigenvalue weighted by molar-refractivity contribution is 5.95. The molecule has 3 amide bonds. The molecule has 0 saturated carbocycles. The third kappa shape index (κ3) is 8.27. The Bertz CT molecular complexity index is 1100. The minimum atomic E-state index is -1.59. The number of H-pyrrole nitrogens is 1. The van der Waals surface area contributed by atoms with Gasteiger partial charge in [0.05, 0.1) is 12.2 Å². The van der Waals surface area contributed by atoms with Crippen LogP contribution in [-0.4, -0.2) is 80.4 Å². The van der Waals surface area contributed by atoms with E-state index in [1.165, 1.54) is 13.8 Å². The van der Waals surface area contributed by atoms with E-state index in [0.29, 0.717) is 5.56 Å². The minimum Gasteiger partial charge on any atom is -0.480 e. The second-order valence-corrected chi connectivity index (χ2v) is 9.65. The molecule has 204 valence electrons. The highest BCUT2D eigenvalue weighted by atomic mass is 16.4. The molecule has 12 heteroatoms. The predicted octanol–water partition coefficient (Wildman–Crippen LogP) is -0.616. The van der Waals surface area contributed by atoms with E-state index in [9.17, 15) is 34.5 Å². The van der Waals surface area contributed by atoms with Gasteiger partial charge in [-0.25, -0.2) is 4.79 Å². The number of hydrogen-bond donors (Lipinski definition) is 8. The van der Waals surface area contributed by atoms with Crippen molar-refractivity contribution in [1.29, 1.82) is 0 Å². The number of aliphatic carboxylic acids is 1. The Kier molecular flexibility index (Phi) is 10.6. The van der Waals surface area contributed by atoms with Gasteiger partial charge in [-0.1, -0.05) is 32.0 Å². The zero-order chi connectivity index (χ0) is 27.9. The Morgan fingerprint density at radius 1 is 0.892 bits per heavy atom. The third-order valence-corrected chi connectivity index (χ3v) is 5.94. The van der Waals surface area contributed by atoms with Gasteiger partial charge in [-0.05, 0) is 37.8 Å². The predicted molar refractivity (Wildman–Crippen MR) is 136 cm³/mol. The molecule has 0 saturated heterocycles. The molecule has 6 unspecified atom stereocenters. The largest absolute Gasteiger partial charge is 0.480 e. The number of nitrogens with one attached hydrogen (secondary N) is 4. The van der Waals surface area contributed by atoms with Crippen LogP contribution in [-0.2, 0) is 25.6 Å². The van der Waals surface area contributed by atoms with Crippen molar-refractivity contribution in [2.24, 2.45) is 11.7 Å². The number of aliphatic hydroxyl groups is 2. The molecule has 1 aromatic heterocycles. The Balaban J connectivity index is 2.34.